The van der Waals surface area contributed by atoms with Crippen molar-refractivity contribution in [2.75, 3.05) is 21.3 Å². The molecule has 1 aliphatic carbocycles. The Labute approximate surface area is 239 Å². The summed E-state index contributed by atoms with van der Waals surface area (Å²) in [6.07, 6.45) is 0.837. The molecule has 0 saturated carbocycles. The number of furan rings is 1. The highest BCUT2D eigenvalue weighted by Crippen LogP contribution is 2.42. The number of methoxy groups -OCH3 is 3. The maximum Gasteiger partial charge on any atom is 0.342 e. The molecule has 3 aromatic carbocycles. The van der Waals surface area contributed by atoms with Gasteiger partial charge in [0, 0.05) is 38.9 Å². The zero-order valence-electron chi connectivity index (χ0n) is 23.4. The summed E-state index contributed by atoms with van der Waals surface area (Å²) < 4.78 is 27.3. The number of carbonyl (C=O) groups excluding carboxylic acids is 4. The number of aliphatic hydroxyl groups excluding tert-OH is 1. The zero-order chi connectivity index (χ0) is 30.3. The fourth-order valence-electron chi connectivity index (χ4n) is 5.03. The summed E-state index contributed by atoms with van der Waals surface area (Å²) in [5.74, 6) is -3.32. The van der Waals surface area contributed by atoms with Gasteiger partial charge in [0.1, 0.15) is 34.0 Å². The molecule has 0 atom stereocenters. The number of ketones is 1. The van der Waals surface area contributed by atoms with Gasteiger partial charge in [0.05, 0.1) is 21.3 Å². The lowest BCUT2D eigenvalue weighted by Crippen LogP contribution is -2.26. The smallest absolute Gasteiger partial charge is 0.342 e. The molecule has 10 nitrogen and oxygen atoms in total. The highest BCUT2D eigenvalue weighted by Gasteiger charge is 2.37. The first-order chi connectivity index (χ1) is 20.0. The second-order valence-electron chi connectivity index (χ2n) is 9.88. The summed E-state index contributed by atoms with van der Waals surface area (Å²) in [5, 5.41) is 12.5. The van der Waals surface area contributed by atoms with Crippen molar-refractivity contribution in [3.63, 3.8) is 0 Å². The fraction of sp³-hybridized carbons (Fsp3) is 0.188. The standard InChI is InChI=1S/C32H26O10/c1-32(2,22-14-21-25(31(37)40-5)29(38-3)19-13-9-8-12-18(19)28(21)41-22)42-23(33)15-20-24(30(36)39-4)27(35)17-11-7-6-10-16(17)26(20)34/h6-15,35H,1-5H3/b20-15-. The Morgan fingerprint density at radius 2 is 1.48 bits per heavy atom. The molecule has 214 valence electrons. The molecule has 0 unspecified atom stereocenters. The lowest BCUT2D eigenvalue weighted by Gasteiger charge is -2.23. The minimum absolute atomic E-state index is 0.106. The van der Waals surface area contributed by atoms with E-state index >= 15 is 0 Å². The Hall–Kier alpha value is -5.38. The van der Waals surface area contributed by atoms with Crippen molar-refractivity contribution in [1.82, 2.24) is 0 Å². The van der Waals surface area contributed by atoms with Crippen LogP contribution < -0.4 is 4.74 Å². The topological polar surface area (TPSA) is 139 Å². The van der Waals surface area contributed by atoms with Crippen molar-refractivity contribution in [1.29, 1.82) is 0 Å². The highest BCUT2D eigenvalue weighted by atomic mass is 16.6. The zero-order valence-corrected chi connectivity index (χ0v) is 23.4. The van der Waals surface area contributed by atoms with E-state index < -0.39 is 40.6 Å². The number of benzene rings is 3. The minimum Gasteiger partial charge on any atom is -0.506 e. The molecule has 0 spiro atoms. The largest absolute Gasteiger partial charge is 0.506 e. The van der Waals surface area contributed by atoms with Gasteiger partial charge in [-0.1, -0.05) is 48.5 Å². The monoisotopic (exact) mass is 570 g/mol. The van der Waals surface area contributed by atoms with Gasteiger partial charge in [0.2, 0.25) is 0 Å². The van der Waals surface area contributed by atoms with Gasteiger partial charge in [0.15, 0.2) is 11.4 Å². The Bertz CT molecular complexity index is 1870. The van der Waals surface area contributed by atoms with Crippen molar-refractivity contribution in [2.24, 2.45) is 0 Å². The molecular weight excluding hydrogens is 544 g/mol. The average Bonchev–Trinajstić information content (AvgIpc) is 3.45. The number of ether oxygens (including phenoxy) is 4. The first-order valence-corrected chi connectivity index (χ1v) is 12.8. The quantitative estimate of drug-likeness (QED) is 0.181. The predicted octanol–water partition coefficient (Wildman–Crippen LogP) is 5.42. The number of rotatable bonds is 6. The third-order valence-corrected chi connectivity index (χ3v) is 7.02. The molecule has 1 aromatic heterocycles. The summed E-state index contributed by atoms with van der Waals surface area (Å²) in [7, 11) is 3.79. The van der Waals surface area contributed by atoms with Gasteiger partial charge in [-0.05, 0) is 19.9 Å². The lowest BCUT2D eigenvalue weighted by atomic mass is 9.85. The van der Waals surface area contributed by atoms with Crippen LogP contribution in [0.3, 0.4) is 0 Å². The van der Waals surface area contributed by atoms with Crippen molar-refractivity contribution >= 4 is 51.2 Å². The van der Waals surface area contributed by atoms with Crippen molar-refractivity contribution in [2.45, 2.75) is 19.4 Å². The molecular formula is C32H26O10. The van der Waals surface area contributed by atoms with Crippen LogP contribution in [0.1, 0.15) is 45.9 Å². The van der Waals surface area contributed by atoms with Gasteiger partial charge >= 0.3 is 17.9 Å². The van der Waals surface area contributed by atoms with Crippen LogP contribution in [-0.2, 0) is 29.4 Å². The number of esters is 3. The second-order valence-corrected chi connectivity index (χ2v) is 9.88. The van der Waals surface area contributed by atoms with Crippen molar-refractivity contribution < 1.29 is 47.6 Å². The maximum atomic E-state index is 13.3. The van der Waals surface area contributed by atoms with Crippen LogP contribution >= 0.6 is 0 Å². The molecule has 1 heterocycles. The van der Waals surface area contributed by atoms with E-state index in [0.717, 1.165) is 13.2 Å². The van der Waals surface area contributed by atoms with Gasteiger partial charge < -0.3 is 28.5 Å². The van der Waals surface area contributed by atoms with E-state index in [1.807, 2.05) is 0 Å². The van der Waals surface area contributed by atoms with Crippen LogP contribution in [0.15, 0.2) is 76.2 Å². The van der Waals surface area contributed by atoms with E-state index in [1.165, 1.54) is 26.4 Å². The van der Waals surface area contributed by atoms with Crippen molar-refractivity contribution in [3.8, 4) is 5.75 Å². The second kappa shape index (κ2) is 10.5. The van der Waals surface area contributed by atoms with Crippen LogP contribution in [0.25, 0.3) is 27.5 Å². The third kappa shape index (κ3) is 4.46. The van der Waals surface area contributed by atoms with E-state index in [1.54, 1.807) is 56.3 Å². The number of Topliss-reactive ketones (excluding diaryl/α,β-unsaturated/α-hetero) is 1. The van der Waals surface area contributed by atoms with E-state index in [-0.39, 0.29) is 28.0 Å². The van der Waals surface area contributed by atoms with Gasteiger partial charge in [-0.3, -0.25) is 4.79 Å². The molecule has 0 amide bonds. The minimum atomic E-state index is -1.43. The number of hydrogen-bond donors (Lipinski definition) is 1. The first-order valence-electron chi connectivity index (χ1n) is 12.8. The molecule has 42 heavy (non-hydrogen) atoms. The predicted molar refractivity (Wildman–Crippen MR) is 151 cm³/mol. The fourth-order valence-corrected chi connectivity index (χ4v) is 5.03. The molecule has 0 saturated heterocycles. The van der Waals surface area contributed by atoms with Gasteiger partial charge in [-0.15, -0.1) is 0 Å². The van der Waals surface area contributed by atoms with Crippen LogP contribution in [-0.4, -0.2) is 50.1 Å². The Balaban J connectivity index is 1.59. The SMILES string of the molecule is COC(=O)C1=C(O)c2ccccc2C(=O)/C1=C\C(=O)OC(C)(C)c1cc2c(C(=O)OC)c(OC)c3ccccc3c2o1. The van der Waals surface area contributed by atoms with E-state index in [2.05, 4.69) is 0 Å². The lowest BCUT2D eigenvalue weighted by molar-refractivity contribution is -0.152. The number of fused-ring (bicyclic) bond motifs is 4. The van der Waals surface area contributed by atoms with Crippen LogP contribution in [0, 0.1) is 0 Å². The molecule has 0 radical (unpaired) electrons. The summed E-state index contributed by atoms with van der Waals surface area (Å²) >= 11 is 0. The van der Waals surface area contributed by atoms with Crippen LogP contribution in [0.2, 0.25) is 0 Å². The molecule has 4 aromatic rings. The summed E-state index contributed by atoms with van der Waals surface area (Å²) in [6, 6.07) is 14.9. The van der Waals surface area contributed by atoms with E-state index in [9.17, 15) is 24.3 Å². The number of hydrogen-bond acceptors (Lipinski definition) is 10. The highest BCUT2D eigenvalue weighted by molar-refractivity contribution is 6.25. The molecule has 1 N–H and O–H groups in total. The normalized spacial score (nSPS) is 14.2. The maximum absolute atomic E-state index is 13.3. The molecule has 0 bridgehead atoms. The van der Waals surface area contributed by atoms with Crippen LogP contribution in [0.4, 0.5) is 0 Å². The van der Waals surface area contributed by atoms with Gasteiger partial charge in [-0.2, -0.15) is 0 Å². The summed E-state index contributed by atoms with van der Waals surface area (Å²) in [4.78, 5) is 51.9. The molecule has 10 heteroatoms. The van der Waals surface area contributed by atoms with Crippen LogP contribution in [0.5, 0.6) is 5.75 Å². The van der Waals surface area contributed by atoms with Crippen molar-refractivity contribution in [3.05, 3.63) is 94.3 Å². The Morgan fingerprint density at radius 3 is 2.12 bits per heavy atom. The number of aliphatic hydroxyl groups is 1. The molecule has 0 fully saturated rings. The van der Waals surface area contributed by atoms with Gasteiger partial charge in [0.25, 0.3) is 0 Å². The first kappa shape index (κ1) is 28.2. The molecule has 1 aliphatic rings. The van der Waals surface area contributed by atoms with E-state index in [0.29, 0.717) is 27.5 Å². The average molecular weight is 571 g/mol. The molecule has 0 aliphatic heterocycles. The third-order valence-electron chi connectivity index (χ3n) is 7.02. The number of carbonyl (C=O) groups is 4. The Morgan fingerprint density at radius 1 is 0.857 bits per heavy atom. The summed E-state index contributed by atoms with van der Waals surface area (Å²) in [6.45, 7) is 3.12. The van der Waals surface area contributed by atoms with Gasteiger partial charge in [-0.25, -0.2) is 14.4 Å². The molecule has 5 rings (SSSR count). The Kier molecular flexibility index (Phi) is 7.07. The summed E-state index contributed by atoms with van der Waals surface area (Å²) in [5.41, 5.74) is -1.53. The van der Waals surface area contributed by atoms with E-state index in [4.69, 9.17) is 23.4 Å².